The van der Waals surface area contributed by atoms with E-state index in [1.54, 1.807) is 25.5 Å². The zero-order valence-corrected chi connectivity index (χ0v) is 14.1. The summed E-state index contributed by atoms with van der Waals surface area (Å²) in [5.74, 6) is 0.906. The molecule has 0 bridgehead atoms. The first-order chi connectivity index (χ1) is 12.0. The highest BCUT2D eigenvalue weighted by Gasteiger charge is 2.24. The van der Waals surface area contributed by atoms with Crippen molar-refractivity contribution in [3.63, 3.8) is 0 Å². The van der Waals surface area contributed by atoms with Gasteiger partial charge in [-0.25, -0.2) is 14.8 Å². The van der Waals surface area contributed by atoms with Gasteiger partial charge in [0, 0.05) is 45.6 Å². The summed E-state index contributed by atoms with van der Waals surface area (Å²) in [5.41, 5.74) is -1.12. The van der Waals surface area contributed by atoms with Crippen LogP contribution in [0.1, 0.15) is 18.4 Å². The van der Waals surface area contributed by atoms with E-state index in [4.69, 9.17) is 0 Å². The van der Waals surface area contributed by atoms with E-state index >= 15 is 0 Å². The molecule has 0 radical (unpaired) electrons. The maximum absolute atomic E-state index is 12.2. The Balaban J connectivity index is 1.89. The fourth-order valence-corrected chi connectivity index (χ4v) is 3.04. The predicted molar refractivity (Wildman–Crippen MR) is 92.5 cm³/mol. The van der Waals surface area contributed by atoms with Crippen molar-refractivity contribution >= 4 is 11.8 Å². The minimum atomic E-state index is -0.591. The van der Waals surface area contributed by atoms with Crippen molar-refractivity contribution in [2.45, 2.75) is 18.9 Å². The van der Waals surface area contributed by atoms with Gasteiger partial charge in [-0.3, -0.25) is 13.9 Å². The van der Waals surface area contributed by atoms with Crippen LogP contribution in [-0.2, 0) is 14.1 Å². The molecule has 130 valence electrons. The molecule has 1 unspecified atom stereocenters. The number of piperidine rings is 1. The van der Waals surface area contributed by atoms with Crippen LogP contribution in [0.3, 0.4) is 0 Å². The fourth-order valence-electron chi connectivity index (χ4n) is 3.04. The lowest BCUT2D eigenvalue weighted by atomic mass is 10.1. The van der Waals surface area contributed by atoms with Crippen LogP contribution in [0.5, 0.6) is 0 Å². The molecule has 0 aromatic carbocycles. The molecule has 1 fully saturated rings. The normalized spacial score (nSPS) is 17.2. The highest BCUT2D eigenvalue weighted by molar-refractivity contribution is 5.52. The van der Waals surface area contributed by atoms with E-state index in [0.29, 0.717) is 12.5 Å². The zero-order valence-electron chi connectivity index (χ0n) is 14.1. The van der Waals surface area contributed by atoms with Crippen LogP contribution in [0, 0.1) is 11.3 Å². The zero-order chi connectivity index (χ0) is 18.0. The van der Waals surface area contributed by atoms with Crippen LogP contribution < -0.4 is 21.5 Å². The van der Waals surface area contributed by atoms with E-state index in [1.807, 2.05) is 11.0 Å². The van der Waals surface area contributed by atoms with E-state index in [0.717, 1.165) is 24.0 Å². The number of rotatable bonds is 3. The standard InChI is InChI=1S/C16H19N7O2/c1-21-13(12(9-17)14(24)22(2)16(21)25)20-11-5-3-8-23(10-11)15-18-6-4-7-19-15/h4,6-7,11,20H,3,5,8,10H2,1-2H3. The van der Waals surface area contributed by atoms with Crippen LogP contribution in [0.4, 0.5) is 11.8 Å². The first-order valence-electron chi connectivity index (χ1n) is 8.01. The van der Waals surface area contributed by atoms with Crippen molar-refractivity contribution in [2.75, 3.05) is 23.3 Å². The van der Waals surface area contributed by atoms with Gasteiger partial charge in [-0.05, 0) is 18.9 Å². The van der Waals surface area contributed by atoms with Crippen LogP contribution in [-0.4, -0.2) is 38.2 Å². The molecule has 3 heterocycles. The van der Waals surface area contributed by atoms with Gasteiger partial charge in [0.05, 0.1) is 0 Å². The third-order valence-corrected chi connectivity index (χ3v) is 4.37. The summed E-state index contributed by atoms with van der Waals surface area (Å²) in [5, 5.41) is 12.6. The molecule has 2 aromatic heterocycles. The minimum absolute atomic E-state index is 0.0256. The number of hydrogen-bond acceptors (Lipinski definition) is 7. The topological polar surface area (TPSA) is 109 Å². The van der Waals surface area contributed by atoms with Gasteiger partial charge in [-0.15, -0.1) is 0 Å². The molecular formula is C16H19N7O2. The Kier molecular flexibility index (Phi) is 4.52. The summed E-state index contributed by atoms with van der Waals surface area (Å²) >= 11 is 0. The first-order valence-corrected chi connectivity index (χ1v) is 8.01. The van der Waals surface area contributed by atoms with E-state index in [2.05, 4.69) is 15.3 Å². The monoisotopic (exact) mass is 341 g/mol. The number of nitrogens with one attached hydrogen (secondary N) is 1. The molecule has 9 heteroatoms. The highest BCUT2D eigenvalue weighted by atomic mass is 16.2. The van der Waals surface area contributed by atoms with Gasteiger partial charge in [0.2, 0.25) is 5.95 Å². The molecular weight excluding hydrogens is 322 g/mol. The molecule has 1 N–H and O–H groups in total. The number of hydrogen-bond donors (Lipinski definition) is 1. The molecule has 0 spiro atoms. The molecule has 1 aliphatic heterocycles. The summed E-state index contributed by atoms with van der Waals surface area (Å²) in [6.07, 6.45) is 5.16. The van der Waals surface area contributed by atoms with E-state index in [1.165, 1.54) is 11.6 Å². The molecule has 9 nitrogen and oxygen atoms in total. The Bertz CT molecular complexity index is 926. The molecule has 25 heavy (non-hydrogen) atoms. The Morgan fingerprint density at radius 3 is 2.64 bits per heavy atom. The van der Waals surface area contributed by atoms with E-state index in [9.17, 15) is 14.9 Å². The molecule has 1 saturated heterocycles. The van der Waals surface area contributed by atoms with Crippen molar-refractivity contribution in [2.24, 2.45) is 14.1 Å². The van der Waals surface area contributed by atoms with Gasteiger partial charge in [0.25, 0.3) is 5.56 Å². The lowest BCUT2D eigenvalue weighted by molar-refractivity contribution is 0.517. The number of aromatic nitrogens is 4. The van der Waals surface area contributed by atoms with Gasteiger partial charge < -0.3 is 10.2 Å². The van der Waals surface area contributed by atoms with Gasteiger partial charge >= 0.3 is 5.69 Å². The number of nitriles is 1. The molecule has 0 aliphatic carbocycles. The van der Waals surface area contributed by atoms with Crippen LogP contribution in [0.2, 0.25) is 0 Å². The average Bonchev–Trinajstić information content (AvgIpc) is 2.65. The maximum Gasteiger partial charge on any atom is 0.332 e. The molecule has 1 aliphatic rings. The summed E-state index contributed by atoms with van der Waals surface area (Å²) in [4.78, 5) is 34.9. The fraction of sp³-hybridized carbons (Fsp3) is 0.438. The minimum Gasteiger partial charge on any atom is -0.366 e. The smallest absolute Gasteiger partial charge is 0.332 e. The SMILES string of the molecule is Cn1c(NC2CCCN(c3ncccn3)C2)c(C#N)c(=O)n(C)c1=O. The molecule has 0 saturated carbocycles. The van der Waals surface area contributed by atoms with Gasteiger partial charge in [-0.1, -0.05) is 0 Å². The Hall–Kier alpha value is -3.15. The Labute approximate surface area is 144 Å². The lowest BCUT2D eigenvalue weighted by Crippen LogP contribution is -2.45. The highest BCUT2D eigenvalue weighted by Crippen LogP contribution is 2.19. The van der Waals surface area contributed by atoms with E-state index in [-0.39, 0.29) is 17.4 Å². The van der Waals surface area contributed by atoms with Gasteiger partial charge in [0.15, 0.2) is 5.56 Å². The summed E-state index contributed by atoms with van der Waals surface area (Å²) in [7, 11) is 2.91. The summed E-state index contributed by atoms with van der Waals surface area (Å²) in [6, 6.07) is 3.65. The largest absolute Gasteiger partial charge is 0.366 e. The number of anilines is 2. The van der Waals surface area contributed by atoms with Gasteiger partial charge in [-0.2, -0.15) is 5.26 Å². The van der Waals surface area contributed by atoms with Gasteiger partial charge in [0.1, 0.15) is 11.9 Å². The molecule has 0 amide bonds. The average molecular weight is 341 g/mol. The van der Waals surface area contributed by atoms with E-state index < -0.39 is 11.2 Å². The summed E-state index contributed by atoms with van der Waals surface area (Å²) < 4.78 is 2.24. The maximum atomic E-state index is 12.2. The van der Waals surface area contributed by atoms with Crippen molar-refractivity contribution < 1.29 is 0 Å². The Morgan fingerprint density at radius 1 is 1.24 bits per heavy atom. The second kappa shape index (κ2) is 6.76. The second-order valence-corrected chi connectivity index (χ2v) is 6.02. The Morgan fingerprint density at radius 2 is 1.96 bits per heavy atom. The quantitative estimate of drug-likeness (QED) is 0.825. The first kappa shape index (κ1) is 16.7. The van der Waals surface area contributed by atoms with Crippen LogP contribution >= 0.6 is 0 Å². The second-order valence-electron chi connectivity index (χ2n) is 6.02. The lowest BCUT2D eigenvalue weighted by Gasteiger charge is -2.34. The third kappa shape index (κ3) is 3.10. The van der Waals surface area contributed by atoms with Crippen LogP contribution in [0.25, 0.3) is 0 Å². The molecule has 3 rings (SSSR count). The van der Waals surface area contributed by atoms with Crippen LogP contribution in [0.15, 0.2) is 28.0 Å². The molecule has 1 atom stereocenters. The predicted octanol–water partition coefficient (Wildman–Crippen LogP) is -0.173. The number of nitrogens with zero attached hydrogens (tertiary/aromatic N) is 6. The van der Waals surface area contributed by atoms with Crippen molar-refractivity contribution in [3.05, 3.63) is 44.9 Å². The van der Waals surface area contributed by atoms with Crippen molar-refractivity contribution in [1.29, 1.82) is 5.26 Å². The third-order valence-electron chi connectivity index (χ3n) is 4.37. The summed E-state index contributed by atoms with van der Waals surface area (Å²) in [6.45, 7) is 1.46. The van der Waals surface area contributed by atoms with Crippen molar-refractivity contribution in [1.82, 2.24) is 19.1 Å². The molecule has 2 aromatic rings. The van der Waals surface area contributed by atoms with Crippen molar-refractivity contribution in [3.8, 4) is 6.07 Å².